The van der Waals surface area contributed by atoms with Crippen LogP contribution in [0.5, 0.6) is 0 Å². The van der Waals surface area contributed by atoms with Crippen molar-refractivity contribution < 1.29 is 14.4 Å². The number of hydrogen-bond acceptors (Lipinski definition) is 5. The van der Waals surface area contributed by atoms with E-state index in [1.54, 1.807) is 0 Å². The molecule has 142 valence electrons. The topological polar surface area (TPSA) is 64.8 Å². The number of ether oxygens (including phenoxy) is 2. The van der Waals surface area contributed by atoms with Gasteiger partial charge in [-0.1, -0.05) is 13.8 Å². The van der Waals surface area contributed by atoms with E-state index in [2.05, 4.69) is 18.7 Å². The van der Waals surface area contributed by atoms with E-state index in [0.29, 0.717) is 43.4 Å². The Morgan fingerprint density at radius 1 is 1.00 bits per heavy atom. The number of fused-ring (bicyclic) bond motifs is 5. The Bertz CT molecular complexity index is 504. The Morgan fingerprint density at radius 3 is 2.20 bits per heavy atom. The maximum atomic E-state index is 11.4. The third-order valence-corrected chi connectivity index (χ3v) is 7.70. The van der Waals surface area contributed by atoms with Gasteiger partial charge in [0.1, 0.15) is 0 Å². The van der Waals surface area contributed by atoms with E-state index in [4.69, 9.17) is 9.47 Å². The second kappa shape index (κ2) is 6.78. The lowest BCUT2D eigenvalue weighted by Gasteiger charge is -2.43. The first kappa shape index (κ1) is 17.7. The highest BCUT2D eigenvalue weighted by Gasteiger charge is 2.66. The summed E-state index contributed by atoms with van der Waals surface area (Å²) in [7, 11) is 0. The summed E-state index contributed by atoms with van der Waals surface area (Å²) in [6, 6.07) is 0.192. The van der Waals surface area contributed by atoms with Crippen LogP contribution in [-0.2, 0) is 9.47 Å². The van der Waals surface area contributed by atoms with E-state index in [-0.39, 0.29) is 10.8 Å². The summed E-state index contributed by atoms with van der Waals surface area (Å²) in [6.45, 7) is 7.94. The third-order valence-electron chi connectivity index (χ3n) is 7.70. The fraction of sp³-hybridized carbons (Fsp3) is 1.00. The van der Waals surface area contributed by atoms with Crippen LogP contribution in [0.1, 0.15) is 52.4 Å². The molecule has 3 aliphatic carbocycles. The van der Waals surface area contributed by atoms with Crippen molar-refractivity contribution in [1.29, 1.82) is 0 Å². The highest BCUT2D eigenvalue weighted by atomic mass is 16.7. The third kappa shape index (κ3) is 2.72. The highest BCUT2D eigenvalue weighted by Crippen LogP contribution is 2.62. The molecule has 4 rings (SSSR count). The summed E-state index contributed by atoms with van der Waals surface area (Å²) < 4.78 is 12.6. The lowest BCUT2D eigenvalue weighted by atomic mass is 9.71. The molecule has 6 nitrogen and oxygen atoms in total. The molecule has 0 bridgehead atoms. The number of nitrogens with zero attached hydrogens (tertiary/aromatic N) is 2. The minimum Gasteiger partial charge on any atom is -0.347 e. The van der Waals surface area contributed by atoms with Crippen molar-refractivity contribution in [3.63, 3.8) is 0 Å². The average Bonchev–Trinajstić information content (AvgIpc) is 3.22. The van der Waals surface area contributed by atoms with Crippen molar-refractivity contribution in [2.45, 2.75) is 70.2 Å². The molecular formula is C19H32N2O4. The second-order valence-corrected chi connectivity index (χ2v) is 8.40. The van der Waals surface area contributed by atoms with Gasteiger partial charge in [0.05, 0.1) is 13.2 Å². The first-order chi connectivity index (χ1) is 12.1. The number of nitro groups is 1. The summed E-state index contributed by atoms with van der Waals surface area (Å²) in [5.74, 6) is 1.27. The molecule has 0 radical (unpaired) electrons. The molecule has 4 fully saturated rings. The van der Waals surface area contributed by atoms with Crippen LogP contribution in [0.15, 0.2) is 0 Å². The molecule has 4 aliphatic rings. The summed E-state index contributed by atoms with van der Waals surface area (Å²) in [5, 5.41) is 11.4. The second-order valence-electron chi connectivity index (χ2n) is 8.40. The lowest BCUT2D eigenvalue weighted by molar-refractivity contribution is -0.530. The molecule has 0 aromatic carbocycles. The first-order valence-corrected chi connectivity index (χ1v) is 10.3. The molecule has 1 heterocycles. The van der Waals surface area contributed by atoms with Gasteiger partial charge in [0.2, 0.25) is 6.04 Å². The Hall–Kier alpha value is -0.720. The quantitative estimate of drug-likeness (QED) is 0.575. The minimum atomic E-state index is -0.532. The van der Waals surface area contributed by atoms with Crippen LogP contribution in [0.25, 0.3) is 0 Å². The molecule has 0 aromatic rings. The van der Waals surface area contributed by atoms with Gasteiger partial charge >= 0.3 is 0 Å². The molecule has 6 atom stereocenters. The zero-order valence-corrected chi connectivity index (χ0v) is 15.6. The van der Waals surface area contributed by atoms with E-state index in [9.17, 15) is 10.1 Å². The predicted octanol–water partition coefficient (Wildman–Crippen LogP) is 2.93. The SMILES string of the molecule is CCN(CC)C1CCC2C3CCC([N+](=O)[O-])CC3C3(OCCO3)C2C1. The van der Waals surface area contributed by atoms with E-state index in [1.165, 1.54) is 12.8 Å². The van der Waals surface area contributed by atoms with E-state index < -0.39 is 11.8 Å². The molecule has 1 spiro atoms. The Balaban J connectivity index is 1.61. The van der Waals surface area contributed by atoms with Crippen LogP contribution in [0.3, 0.4) is 0 Å². The molecule has 1 saturated heterocycles. The molecule has 6 heteroatoms. The summed E-state index contributed by atoms with van der Waals surface area (Å²) in [4.78, 5) is 13.9. The first-order valence-electron chi connectivity index (χ1n) is 10.3. The van der Waals surface area contributed by atoms with Gasteiger partial charge in [-0.3, -0.25) is 10.1 Å². The van der Waals surface area contributed by atoms with Crippen LogP contribution in [0.4, 0.5) is 0 Å². The van der Waals surface area contributed by atoms with Crippen molar-refractivity contribution in [3.8, 4) is 0 Å². The molecule has 3 saturated carbocycles. The van der Waals surface area contributed by atoms with Gasteiger partial charge in [0.15, 0.2) is 5.79 Å². The van der Waals surface area contributed by atoms with Crippen molar-refractivity contribution in [1.82, 2.24) is 4.90 Å². The monoisotopic (exact) mass is 352 g/mol. The summed E-state index contributed by atoms with van der Waals surface area (Å²) in [6.07, 6.45) is 5.95. The molecule has 1 aliphatic heterocycles. The molecule has 0 amide bonds. The average molecular weight is 352 g/mol. The van der Waals surface area contributed by atoms with Crippen molar-refractivity contribution in [2.75, 3.05) is 26.3 Å². The van der Waals surface area contributed by atoms with Gasteiger partial charge in [-0.05, 0) is 50.6 Å². The Kier molecular flexibility index (Phi) is 4.80. The summed E-state index contributed by atoms with van der Waals surface area (Å²) >= 11 is 0. The normalized spacial score (nSPS) is 42.5. The van der Waals surface area contributed by atoms with Crippen LogP contribution in [0.2, 0.25) is 0 Å². The van der Waals surface area contributed by atoms with Gasteiger partial charge in [0, 0.05) is 35.6 Å². The largest absolute Gasteiger partial charge is 0.347 e. The van der Waals surface area contributed by atoms with Crippen LogP contribution in [0, 0.1) is 33.8 Å². The lowest BCUT2D eigenvalue weighted by Crippen LogP contribution is -2.49. The zero-order valence-electron chi connectivity index (χ0n) is 15.6. The van der Waals surface area contributed by atoms with Crippen LogP contribution >= 0.6 is 0 Å². The number of hydrogen-bond donors (Lipinski definition) is 0. The van der Waals surface area contributed by atoms with Crippen molar-refractivity contribution in [2.24, 2.45) is 23.7 Å². The van der Waals surface area contributed by atoms with Crippen molar-refractivity contribution in [3.05, 3.63) is 10.1 Å². The predicted molar refractivity (Wildman–Crippen MR) is 93.8 cm³/mol. The fourth-order valence-corrected chi connectivity index (χ4v) is 6.70. The van der Waals surface area contributed by atoms with Gasteiger partial charge in [-0.2, -0.15) is 0 Å². The van der Waals surface area contributed by atoms with Crippen LogP contribution in [-0.4, -0.2) is 54.0 Å². The molecule has 0 aromatic heterocycles. The zero-order chi connectivity index (χ0) is 17.6. The standard InChI is InChI=1S/C19H32N2O4/c1-3-20(4-2)13-5-7-15-16-8-6-14(21(22)23)12-18(16)19(17(15)11-13)24-9-10-25-19/h13-18H,3-12H2,1-2H3. The maximum Gasteiger partial charge on any atom is 0.213 e. The van der Waals surface area contributed by atoms with E-state index >= 15 is 0 Å². The Morgan fingerprint density at radius 2 is 1.60 bits per heavy atom. The van der Waals surface area contributed by atoms with Gasteiger partial charge in [-0.15, -0.1) is 0 Å². The molecule has 6 unspecified atom stereocenters. The Labute approximate surface area is 150 Å². The van der Waals surface area contributed by atoms with Gasteiger partial charge in [-0.25, -0.2) is 0 Å². The minimum absolute atomic E-state index is 0.0699. The van der Waals surface area contributed by atoms with Crippen LogP contribution < -0.4 is 0 Å². The van der Waals surface area contributed by atoms with E-state index in [0.717, 1.165) is 32.4 Å². The van der Waals surface area contributed by atoms with E-state index in [1.807, 2.05) is 0 Å². The molecule has 25 heavy (non-hydrogen) atoms. The highest BCUT2D eigenvalue weighted by molar-refractivity contribution is 5.09. The van der Waals surface area contributed by atoms with Gasteiger partial charge < -0.3 is 14.4 Å². The molecular weight excluding hydrogens is 320 g/mol. The van der Waals surface area contributed by atoms with Crippen molar-refractivity contribution >= 4 is 0 Å². The number of rotatable bonds is 4. The maximum absolute atomic E-state index is 11.4. The fourth-order valence-electron chi connectivity index (χ4n) is 6.70. The molecule has 0 N–H and O–H groups in total. The summed E-state index contributed by atoms with van der Waals surface area (Å²) in [5.41, 5.74) is 0. The smallest absolute Gasteiger partial charge is 0.213 e. The van der Waals surface area contributed by atoms with Gasteiger partial charge in [0.25, 0.3) is 0 Å².